The van der Waals surface area contributed by atoms with Gasteiger partial charge >= 0.3 is 0 Å². The minimum atomic E-state index is 0.0179. The van der Waals surface area contributed by atoms with Crippen molar-refractivity contribution in [3.8, 4) is 10.4 Å². The van der Waals surface area contributed by atoms with Crippen LogP contribution in [0, 0.1) is 0 Å². The number of pyridine rings is 1. The van der Waals surface area contributed by atoms with Crippen LogP contribution in [0.15, 0.2) is 36.7 Å². The molecule has 0 atom stereocenters. The van der Waals surface area contributed by atoms with Crippen molar-refractivity contribution in [2.24, 2.45) is 0 Å². The van der Waals surface area contributed by atoms with Gasteiger partial charge in [0, 0.05) is 34.3 Å². The quantitative estimate of drug-likeness (QED) is 0.741. The number of fused-ring (bicyclic) bond motifs is 1. The van der Waals surface area contributed by atoms with Gasteiger partial charge in [0.1, 0.15) is 5.65 Å². The van der Waals surface area contributed by atoms with Gasteiger partial charge < -0.3 is 10.3 Å². The first-order chi connectivity index (χ1) is 10.7. The number of hydrogen-bond donors (Lipinski definition) is 2. The van der Waals surface area contributed by atoms with E-state index >= 15 is 0 Å². The van der Waals surface area contributed by atoms with Crippen LogP contribution in [0.4, 0.5) is 0 Å². The predicted molar refractivity (Wildman–Crippen MR) is 91.2 cm³/mol. The summed E-state index contributed by atoms with van der Waals surface area (Å²) in [4.78, 5) is 21.6. The topological polar surface area (TPSA) is 57.8 Å². The number of nitrogens with zero attached hydrogens (tertiary/aromatic N) is 1. The van der Waals surface area contributed by atoms with E-state index in [-0.39, 0.29) is 11.9 Å². The number of aromatic amines is 1. The summed E-state index contributed by atoms with van der Waals surface area (Å²) in [7, 11) is 0. The summed E-state index contributed by atoms with van der Waals surface area (Å²) in [5.41, 5.74) is 1.98. The highest BCUT2D eigenvalue weighted by atomic mass is 32.1. The first kappa shape index (κ1) is 14.8. The standard InChI is InChI=1S/C17H19N3OS/c1-3-11(4-2)20-17(21)15-6-5-14(22-15)12-7-9-18-16-13(12)8-10-19-16/h5-11H,3-4H2,1-2H3,(H,18,19)(H,20,21). The Bertz CT molecular complexity index is 786. The lowest BCUT2D eigenvalue weighted by Crippen LogP contribution is -2.33. The van der Waals surface area contributed by atoms with Gasteiger partial charge in [-0.25, -0.2) is 4.98 Å². The molecule has 3 aromatic heterocycles. The Hall–Kier alpha value is -2.14. The average Bonchev–Trinajstić information content (AvgIpc) is 3.20. The van der Waals surface area contributed by atoms with Crippen molar-refractivity contribution in [3.05, 3.63) is 41.5 Å². The van der Waals surface area contributed by atoms with E-state index in [1.165, 1.54) is 11.3 Å². The molecule has 0 saturated carbocycles. The Morgan fingerprint density at radius 1 is 1.27 bits per heavy atom. The fraction of sp³-hybridized carbons (Fsp3) is 0.294. The van der Waals surface area contributed by atoms with E-state index in [2.05, 4.69) is 29.1 Å². The summed E-state index contributed by atoms with van der Waals surface area (Å²) in [5.74, 6) is 0.0179. The fourth-order valence-electron chi connectivity index (χ4n) is 2.53. The highest BCUT2D eigenvalue weighted by Crippen LogP contribution is 2.32. The minimum Gasteiger partial charge on any atom is -0.349 e. The molecule has 0 spiro atoms. The van der Waals surface area contributed by atoms with E-state index in [1.54, 1.807) is 6.20 Å². The van der Waals surface area contributed by atoms with Gasteiger partial charge in [-0.3, -0.25) is 4.79 Å². The van der Waals surface area contributed by atoms with Crippen molar-refractivity contribution in [3.63, 3.8) is 0 Å². The van der Waals surface area contributed by atoms with Gasteiger partial charge in [-0.2, -0.15) is 0 Å². The third kappa shape index (κ3) is 2.76. The maximum absolute atomic E-state index is 12.3. The molecule has 22 heavy (non-hydrogen) atoms. The van der Waals surface area contributed by atoms with Gasteiger partial charge in [-0.05, 0) is 37.1 Å². The van der Waals surface area contributed by atoms with Crippen LogP contribution in [-0.2, 0) is 0 Å². The Labute approximate surface area is 133 Å². The monoisotopic (exact) mass is 313 g/mol. The molecule has 0 aliphatic carbocycles. The summed E-state index contributed by atoms with van der Waals surface area (Å²) in [6, 6.07) is 8.16. The normalized spacial score (nSPS) is 11.2. The lowest BCUT2D eigenvalue weighted by Gasteiger charge is -2.13. The van der Waals surface area contributed by atoms with E-state index in [1.807, 2.05) is 30.5 Å². The van der Waals surface area contributed by atoms with Crippen molar-refractivity contribution < 1.29 is 4.79 Å². The number of thiophene rings is 1. The second-order valence-corrected chi connectivity index (χ2v) is 6.33. The van der Waals surface area contributed by atoms with Crippen molar-refractivity contribution in [2.45, 2.75) is 32.7 Å². The second-order valence-electron chi connectivity index (χ2n) is 5.25. The largest absolute Gasteiger partial charge is 0.349 e. The van der Waals surface area contributed by atoms with E-state index in [9.17, 15) is 4.79 Å². The van der Waals surface area contributed by atoms with Gasteiger partial charge in [-0.15, -0.1) is 11.3 Å². The van der Waals surface area contributed by atoms with Crippen molar-refractivity contribution in [1.82, 2.24) is 15.3 Å². The number of carbonyl (C=O) groups is 1. The molecule has 3 rings (SSSR count). The zero-order valence-corrected chi connectivity index (χ0v) is 13.5. The van der Waals surface area contributed by atoms with Crippen LogP contribution in [0.25, 0.3) is 21.5 Å². The summed E-state index contributed by atoms with van der Waals surface area (Å²) in [6.45, 7) is 4.18. The van der Waals surface area contributed by atoms with Crippen LogP contribution in [0.3, 0.4) is 0 Å². The van der Waals surface area contributed by atoms with Gasteiger partial charge in [-0.1, -0.05) is 13.8 Å². The highest BCUT2D eigenvalue weighted by molar-refractivity contribution is 7.17. The number of amides is 1. The molecule has 0 aliphatic rings. The summed E-state index contributed by atoms with van der Waals surface area (Å²) in [5, 5.41) is 4.16. The molecule has 0 fully saturated rings. The van der Waals surface area contributed by atoms with Crippen molar-refractivity contribution in [1.29, 1.82) is 0 Å². The molecule has 0 aliphatic heterocycles. The molecule has 2 N–H and O–H groups in total. The van der Waals surface area contributed by atoms with E-state index < -0.39 is 0 Å². The maximum atomic E-state index is 12.3. The van der Waals surface area contributed by atoms with E-state index in [4.69, 9.17) is 0 Å². The first-order valence-electron chi connectivity index (χ1n) is 7.56. The van der Waals surface area contributed by atoms with Gasteiger partial charge in [0.15, 0.2) is 0 Å². The number of H-pyrrole nitrogens is 1. The van der Waals surface area contributed by atoms with Crippen LogP contribution in [0.2, 0.25) is 0 Å². The van der Waals surface area contributed by atoms with Gasteiger partial charge in [0.2, 0.25) is 0 Å². The lowest BCUT2D eigenvalue weighted by atomic mass is 10.1. The summed E-state index contributed by atoms with van der Waals surface area (Å²) >= 11 is 1.52. The van der Waals surface area contributed by atoms with Crippen LogP contribution in [0.5, 0.6) is 0 Å². The third-order valence-corrected chi connectivity index (χ3v) is 4.99. The van der Waals surface area contributed by atoms with Crippen LogP contribution >= 0.6 is 11.3 Å². The SMILES string of the molecule is CCC(CC)NC(=O)c1ccc(-c2ccnc3[nH]ccc23)s1. The number of aromatic nitrogens is 2. The van der Waals surface area contributed by atoms with Crippen LogP contribution in [-0.4, -0.2) is 21.9 Å². The molecule has 0 aromatic carbocycles. The Morgan fingerprint density at radius 3 is 2.86 bits per heavy atom. The van der Waals surface area contributed by atoms with Crippen LogP contribution in [0.1, 0.15) is 36.4 Å². The van der Waals surface area contributed by atoms with Gasteiger partial charge in [0.05, 0.1) is 4.88 Å². The summed E-state index contributed by atoms with van der Waals surface area (Å²) < 4.78 is 0. The fourth-order valence-corrected chi connectivity index (χ4v) is 3.48. The number of carbonyl (C=O) groups excluding carboxylic acids is 1. The molecule has 1 amide bonds. The molecule has 5 heteroatoms. The molecule has 3 aromatic rings. The third-order valence-electron chi connectivity index (χ3n) is 3.88. The average molecular weight is 313 g/mol. The molecule has 3 heterocycles. The van der Waals surface area contributed by atoms with Gasteiger partial charge in [0.25, 0.3) is 5.91 Å². The molecule has 0 bridgehead atoms. The minimum absolute atomic E-state index is 0.0179. The molecular weight excluding hydrogens is 294 g/mol. The van der Waals surface area contributed by atoms with Crippen molar-refractivity contribution in [2.75, 3.05) is 0 Å². The predicted octanol–water partition coefficient (Wildman–Crippen LogP) is 4.21. The number of hydrogen-bond acceptors (Lipinski definition) is 3. The molecule has 114 valence electrons. The maximum Gasteiger partial charge on any atom is 0.261 e. The molecule has 0 unspecified atom stereocenters. The lowest BCUT2D eigenvalue weighted by molar-refractivity contribution is 0.0939. The smallest absolute Gasteiger partial charge is 0.261 e. The Morgan fingerprint density at radius 2 is 2.09 bits per heavy atom. The van der Waals surface area contributed by atoms with Crippen LogP contribution < -0.4 is 5.32 Å². The Balaban J connectivity index is 1.88. The first-order valence-corrected chi connectivity index (χ1v) is 8.37. The van der Waals surface area contributed by atoms with Crippen molar-refractivity contribution >= 4 is 28.3 Å². The second kappa shape index (κ2) is 6.32. The zero-order chi connectivity index (χ0) is 15.5. The number of rotatable bonds is 5. The Kier molecular flexibility index (Phi) is 4.24. The molecule has 4 nitrogen and oxygen atoms in total. The molecular formula is C17H19N3OS. The van der Waals surface area contributed by atoms with E-state index in [0.717, 1.165) is 39.2 Å². The molecule has 0 radical (unpaired) electrons. The highest BCUT2D eigenvalue weighted by Gasteiger charge is 2.14. The summed E-state index contributed by atoms with van der Waals surface area (Å²) in [6.07, 6.45) is 5.58. The van der Waals surface area contributed by atoms with E-state index in [0.29, 0.717) is 0 Å². The molecule has 0 saturated heterocycles. The number of nitrogens with one attached hydrogen (secondary N) is 2. The zero-order valence-electron chi connectivity index (χ0n) is 12.7.